The summed E-state index contributed by atoms with van der Waals surface area (Å²) in [4.78, 5) is 11.8. The van der Waals surface area contributed by atoms with Crippen LogP contribution in [0, 0.1) is 0 Å². The largest absolute Gasteiger partial charge is 0.380 e. The van der Waals surface area contributed by atoms with Gasteiger partial charge < -0.3 is 10.1 Å². The lowest BCUT2D eigenvalue weighted by Crippen LogP contribution is -2.32. The van der Waals surface area contributed by atoms with Crippen LogP contribution in [0.5, 0.6) is 0 Å². The van der Waals surface area contributed by atoms with Crippen LogP contribution in [0.25, 0.3) is 0 Å². The molecule has 2 unspecified atom stereocenters. The van der Waals surface area contributed by atoms with Gasteiger partial charge in [-0.3, -0.25) is 4.79 Å². The van der Waals surface area contributed by atoms with Gasteiger partial charge in [-0.1, -0.05) is 0 Å². The lowest BCUT2D eigenvalue weighted by atomic mass is 10.1. The van der Waals surface area contributed by atoms with Gasteiger partial charge in [-0.25, -0.2) is 8.42 Å². The van der Waals surface area contributed by atoms with Crippen molar-refractivity contribution in [2.24, 2.45) is 0 Å². The number of sulfone groups is 1. The SMILES string of the molecule is COC1CNC(C(=O)CCS(=O)(=O)C(C)C)C1. The Bertz CT molecular complexity index is 364. The number of nitrogens with one attached hydrogen (secondary N) is 1. The van der Waals surface area contributed by atoms with E-state index in [0.29, 0.717) is 13.0 Å². The van der Waals surface area contributed by atoms with E-state index in [0.717, 1.165) is 0 Å². The summed E-state index contributed by atoms with van der Waals surface area (Å²) >= 11 is 0. The Morgan fingerprint density at radius 2 is 2.12 bits per heavy atom. The third-order valence-corrected chi connectivity index (χ3v) is 5.37. The van der Waals surface area contributed by atoms with Crippen molar-refractivity contribution in [3.8, 4) is 0 Å². The molecule has 0 spiro atoms. The quantitative estimate of drug-likeness (QED) is 0.738. The summed E-state index contributed by atoms with van der Waals surface area (Å²) in [6.45, 7) is 3.92. The zero-order valence-corrected chi connectivity index (χ0v) is 11.4. The minimum absolute atomic E-state index is 0.0335. The number of hydrogen-bond donors (Lipinski definition) is 1. The fraction of sp³-hybridized carbons (Fsp3) is 0.909. The number of ether oxygens (including phenoxy) is 1. The normalized spacial score (nSPS) is 25.4. The van der Waals surface area contributed by atoms with E-state index in [-0.39, 0.29) is 30.1 Å². The molecule has 0 aromatic carbocycles. The maximum atomic E-state index is 11.8. The minimum atomic E-state index is -3.12. The van der Waals surface area contributed by atoms with Crippen molar-refractivity contribution in [2.45, 2.75) is 44.1 Å². The average molecular weight is 263 g/mol. The van der Waals surface area contributed by atoms with Crippen molar-refractivity contribution in [3.63, 3.8) is 0 Å². The first-order valence-corrected chi connectivity index (χ1v) is 7.59. The Kier molecular flexibility index (Phi) is 5.09. The third kappa shape index (κ3) is 4.04. The smallest absolute Gasteiger partial charge is 0.153 e. The van der Waals surface area contributed by atoms with Crippen LogP contribution in [0.1, 0.15) is 26.7 Å². The van der Waals surface area contributed by atoms with Crippen molar-refractivity contribution in [1.82, 2.24) is 5.32 Å². The molecule has 17 heavy (non-hydrogen) atoms. The second kappa shape index (κ2) is 5.93. The van der Waals surface area contributed by atoms with Gasteiger partial charge in [-0.05, 0) is 20.3 Å². The van der Waals surface area contributed by atoms with Crippen molar-refractivity contribution in [1.29, 1.82) is 0 Å². The molecule has 1 fully saturated rings. The van der Waals surface area contributed by atoms with Gasteiger partial charge in [0.15, 0.2) is 15.6 Å². The number of carbonyl (C=O) groups excluding carboxylic acids is 1. The van der Waals surface area contributed by atoms with Crippen LogP contribution >= 0.6 is 0 Å². The van der Waals surface area contributed by atoms with Crippen LogP contribution in [0.4, 0.5) is 0 Å². The molecule has 1 N–H and O–H groups in total. The Morgan fingerprint density at radius 3 is 2.59 bits per heavy atom. The van der Waals surface area contributed by atoms with Crippen molar-refractivity contribution < 1.29 is 17.9 Å². The van der Waals surface area contributed by atoms with Gasteiger partial charge >= 0.3 is 0 Å². The molecule has 1 aliphatic heterocycles. The molecule has 1 aliphatic rings. The van der Waals surface area contributed by atoms with Gasteiger partial charge in [-0.2, -0.15) is 0 Å². The van der Waals surface area contributed by atoms with E-state index in [1.807, 2.05) is 0 Å². The van der Waals surface area contributed by atoms with Crippen molar-refractivity contribution in [3.05, 3.63) is 0 Å². The number of methoxy groups -OCH3 is 1. The van der Waals surface area contributed by atoms with Gasteiger partial charge in [0, 0.05) is 20.1 Å². The zero-order valence-electron chi connectivity index (χ0n) is 10.6. The number of hydrogen-bond acceptors (Lipinski definition) is 5. The highest BCUT2D eigenvalue weighted by molar-refractivity contribution is 7.91. The monoisotopic (exact) mass is 263 g/mol. The number of carbonyl (C=O) groups is 1. The van der Waals surface area contributed by atoms with Crippen molar-refractivity contribution >= 4 is 15.6 Å². The van der Waals surface area contributed by atoms with Gasteiger partial charge in [-0.15, -0.1) is 0 Å². The van der Waals surface area contributed by atoms with Gasteiger partial charge in [0.05, 0.1) is 23.1 Å². The molecular formula is C11H21NO4S. The fourth-order valence-electron chi connectivity index (χ4n) is 1.78. The Labute approximate surface area is 103 Å². The summed E-state index contributed by atoms with van der Waals surface area (Å²) in [5, 5.41) is 2.64. The molecule has 6 heteroatoms. The Balaban J connectivity index is 2.41. The summed E-state index contributed by atoms with van der Waals surface area (Å²) in [7, 11) is -1.51. The summed E-state index contributed by atoms with van der Waals surface area (Å²) in [5.41, 5.74) is 0. The molecule has 0 saturated carbocycles. The number of Topliss-reactive ketones (excluding diaryl/α,β-unsaturated/α-hetero) is 1. The molecule has 0 radical (unpaired) electrons. The zero-order chi connectivity index (χ0) is 13.1. The number of ketones is 1. The second-order valence-corrected chi connectivity index (χ2v) is 7.36. The number of rotatable bonds is 6. The molecule has 0 aromatic rings. The van der Waals surface area contributed by atoms with Crippen LogP contribution in [-0.4, -0.2) is 51.0 Å². The Hall–Kier alpha value is -0.460. The van der Waals surface area contributed by atoms with Crippen molar-refractivity contribution in [2.75, 3.05) is 19.4 Å². The van der Waals surface area contributed by atoms with E-state index < -0.39 is 15.1 Å². The lowest BCUT2D eigenvalue weighted by molar-refractivity contribution is -0.120. The minimum Gasteiger partial charge on any atom is -0.380 e. The van der Waals surface area contributed by atoms with E-state index in [4.69, 9.17) is 4.74 Å². The Morgan fingerprint density at radius 1 is 1.47 bits per heavy atom. The summed E-state index contributed by atoms with van der Waals surface area (Å²) in [6, 6.07) is -0.248. The lowest BCUT2D eigenvalue weighted by Gasteiger charge is -2.11. The van der Waals surface area contributed by atoms with Crippen LogP contribution in [0.15, 0.2) is 0 Å². The van der Waals surface area contributed by atoms with Gasteiger partial charge in [0.2, 0.25) is 0 Å². The third-order valence-electron chi connectivity index (χ3n) is 3.16. The molecule has 100 valence electrons. The maximum absolute atomic E-state index is 11.8. The first-order chi connectivity index (χ1) is 7.86. The van der Waals surface area contributed by atoms with E-state index in [2.05, 4.69) is 5.32 Å². The summed E-state index contributed by atoms with van der Waals surface area (Å²) in [5.74, 6) is -0.0898. The predicted molar refractivity (Wildman–Crippen MR) is 65.8 cm³/mol. The van der Waals surface area contributed by atoms with Gasteiger partial charge in [0.25, 0.3) is 0 Å². The maximum Gasteiger partial charge on any atom is 0.153 e. The molecule has 0 bridgehead atoms. The van der Waals surface area contributed by atoms with Crippen LogP contribution in [0.2, 0.25) is 0 Å². The van der Waals surface area contributed by atoms with Crippen LogP contribution < -0.4 is 5.32 Å². The molecule has 0 amide bonds. The van der Waals surface area contributed by atoms with Crippen LogP contribution in [-0.2, 0) is 19.4 Å². The van der Waals surface area contributed by atoms with E-state index >= 15 is 0 Å². The standard InChI is InChI=1S/C11H21NO4S/c1-8(2)17(14,15)5-4-11(13)10-6-9(16-3)7-12-10/h8-10,12H,4-7H2,1-3H3. The first kappa shape index (κ1) is 14.6. The summed E-state index contributed by atoms with van der Waals surface area (Å²) in [6.07, 6.45) is 0.789. The highest BCUT2D eigenvalue weighted by atomic mass is 32.2. The molecule has 1 rings (SSSR count). The molecule has 2 atom stereocenters. The molecule has 0 aliphatic carbocycles. The van der Waals surface area contributed by atoms with E-state index in [1.54, 1.807) is 21.0 Å². The first-order valence-electron chi connectivity index (χ1n) is 5.87. The molecule has 5 nitrogen and oxygen atoms in total. The molecular weight excluding hydrogens is 242 g/mol. The molecule has 0 aromatic heterocycles. The van der Waals surface area contributed by atoms with Crippen LogP contribution in [0.3, 0.4) is 0 Å². The highest BCUT2D eigenvalue weighted by Gasteiger charge is 2.30. The predicted octanol–water partition coefficient (Wildman–Crippen LogP) is 0.146. The summed E-state index contributed by atoms with van der Waals surface area (Å²) < 4.78 is 28.3. The molecule has 1 saturated heterocycles. The second-order valence-electron chi connectivity index (χ2n) is 4.69. The van der Waals surface area contributed by atoms with E-state index in [1.165, 1.54) is 0 Å². The molecule has 1 heterocycles. The average Bonchev–Trinajstić information content (AvgIpc) is 2.74. The highest BCUT2D eigenvalue weighted by Crippen LogP contribution is 2.13. The van der Waals surface area contributed by atoms with E-state index in [9.17, 15) is 13.2 Å². The van der Waals surface area contributed by atoms with Gasteiger partial charge in [0.1, 0.15) is 0 Å². The fourth-order valence-corrected chi connectivity index (χ4v) is 2.74. The topological polar surface area (TPSA) is 72.5 Å².